The van der Waals surface area contributed by atoms with E-state index >= 15 is 0 Å². The summed E-state index contributed by atoms with van der Waals surface area (Å²) in [6, 6.07) is 13.8. The Morgan fingerprint density at radius 1 is 1.17 bits per heavy atom. The number of carboxylic acids is 1. The molecule has 2 N–H and O–H groups in total. The van der Waals surface area contributed by atoms with Gasteiger partial charge in [0.2, 0.25) is 0 Å². The number of carbonyl (C=O) groups is 2. The van der Waals surface area contributed by atoms with E-state index in [0.29, 0.717) is 29.2 Å². The van der Waals surface area contributed by atoms with Crippen molar-refractivity contribution in [2.45, 2.75) is 26.2 Å². The van der Waals surface area contributed by atoms with E-state index in [-0.39, 0.29) is 5.91 Å². The summed E-state index contributed by atoms with van der Waals surface area (Å²) < 4.78 is 5.53. The molecule has 5 heteroatoms. The van der Waals surface area contributed by atoms with Gasteiger partial charge >= 0.3 is 5.97 Å². The van der Waals surface area contributed by atoms with Gasteiger partial charge in [0.15, 0.2) is 0 Å². The number of anilines is 1. The summed E-state index contributed by atoms with van der Waals surface area (Å²) in [6.07, 6.45) is 0.894. The van der Waals surface area contributed by atoms with Crippen molar-refractivity contribution < 1.29 is 19.4 Å². The van der Waals surface area contributed by atoms with E-state index in [0.717, 1.165) is 6.42 Å². The Kier molecular flexibility index (Phi) is 5.95. The molecule has 0 saturated carbocycles. The number of carbonyl (C=O) groups excluding carboxylic acids is 1. The topological polar surface area (TPSA) is 75.6 Å². The van der Waals surface area contributed by atoms with E-state index in [1.54, 1.807) is 49.4 Å². The van der Waals surface area contributed by atoms with Gasteiger partial charge < -0.3 is 15.2 Å². The smallest absolute Gasteiger partial charge is 0.310 e. The molecule has 5 nitrogen and oxygen atoms in total. The first-order valence-corrected chi connectivity index (χ1v) is 7.88. The van der Waals surface area contributed by atoms with E-state index in [2.05, 4.69) is 5.32 Å². The van der Waals surface area contributed by atoms with E-state index in [1.165, 1.54) is 0 Å². The molecule has 2 aromatic carbocycles. The van der Waals surface area contributed by atoms with Gasteiger partial charge in [-0.3, -0.25) is 9.59 Å². The molecule has 1 atom stereocenters. The molecule has 0 aromatic heterocycles. The molecule has 1 amide bonds. The monoisotopic (exact) mass is 327 g/mol. The fourth-order valence-corrected chi connectivity index (χ4v) is 2.18. The molecule has 0 aliphatic rings. The lowest BCUT2D eigenvalue weighted by Crippen LogP contribution is -2.13. The lowest BCUT2D eigenvalue weighted by Gasteiger charge is -2.11. The zero-order valence-corrected chi connectivity index (χ0v) is 13.8. The predicted octanol–water partition coefficient (Wildman–Crippen LogP) is 3.92. The second-order valence-corrected chi connectivity index (χ2v) is 5.52. The summed E-state index contributed by atoms with van der Waals surface area (Å²) in [6.45, 7) is 4.22. The number of amides is 1. The quantitative estimate of drug-likeness (QED) is 0.808. The third-order valence-corrected chi connectivity index (χ3v) is 3.58. The maximum atomic E-state index is 12.4. The van der Waals surface area contributed by atoms with Gasteiger partial charge in [-0.05, 0) is 49.2 Å². The molecule has 24 heavy (non-hydrogen) atoms. The van der Waals surface area contributed by atoms with Crippen LogP contribution in [0.5, 0.6) is 5.75 Å². The summed E-state index contributed by atoms with van der Waals surface area (Å²) in [4.78, 5) is 23.4. The van der Waals surface area contributed by atoms with Crippen LogP contribution in [0, 0.1) is 0 Å². The van der Waals surface area contributed by atoms with Gasteiger partial charge in [0.25, 0.3) is 5.91 Å². The normalized spacial score (nSPS) is 11.6. The molecule has 0 saturated heterocycles. The molecule has 0 radical (unpaired) electrons. The SMILES string of the molecule is CCCOc1cccc(C(=O)Nc2cccc(C(C)C(=O)O)c2)c1. The highest BCUT2D eigenvalue weighted by molar-refractivity contribution is 6.04. The van der Waals surface area contributed by atoms with Crippen molar-refractivity contribution >= 4 is 17.6 Å². The van der Waals surface area contributed by atoms with Crippen molar-refractivity contribution in [3.8, 4) is 5.75 Å². The zero-order valence-electron chi connectivity index (χ0n) is 13.8. The van der Waals surface area contributed by atoms with E-state index < -0.39 is 11.9 Å². The van der Waals surface area contributed by atoms with Crippen molar-refractivity contribution in [1.82, 2.24) is 0 Å². The summed E-state index contributed by atoms with van der Waals surface area (Å²) in [5.41, 5.74) is 1.69. The number of benzene rings is 2. The average Bonchev–Trinajstić information content (AvgIpc) is 2.59. The van der Waals surface area contributed by atoms with Crippen LogP contribution in [0.25, 0.3) is 0 Å². The zero-order chi connectivity index (χ0) is 17.5. The number of hydrogen-bond acceptors (Lipinski definition) is 3. The molecule has 0 heterocycles. The van der Waals surface area contributed by atoms with Crippen LogP contribution in [0.2, 0.25) is 0 Å². The average molecular weight is 327 g/mol. The molecule has 0 bridgehead atoms. The molecule has 126 valence electrons. The summed E-state index contributed by atoms with van der Waals surface area (Å²) in [5.74, 6) is -1.15. The van der Waals surface area contributed by atoms with E-state index in [4.69, 9.17) is 9.84 Å². The minimum atomic E-state index is -0.903. The van der Waals surface area contributed by atoms with Crippen LogP contribution in [0.1, 0.15) is 42.1 Å². The first-order chi connectivity index (χ1) is 11.5. The third kappa shape index (κ3) is 4.59. The van der Waals surface area contributed by atoms with Crippen molar-refractivity contribution in [2.75, 3.05) is 11.9 Å². The van der Waals surface area contributed by atoms with Crippen LogP contribution >= 0.6 is 0 Å². The molecule has 0 aliphatic heterocycles. The number of aliphatic carboxylic acids is 1. The molecular formula is C19H21NO4. The Labute approximate surface area is 141 Å². The summed E-state index contributed by atoms with van der Waals surface area (Å²) in [5, 5.41) is 11.9. The molecule has 0 fully saturated rings. The minimum Gasteiger partial charge on any atom is -0.494 e. The minimum absolute atomic E-state index is 0.267. The fourth-order valence-electron chi connectivity index (χ4n) is 2.18. The van der Waals surface area contributed by atoms with Gasteiger partial charge in [-0.15, -0.1) is 0 Å². The molecular weight excluding hydrogens is 306 g/mol. The lowest BCUT2D eigenvalue weighted by molar-refractivity contribution is -0.138. The van der Waals surface area contributed by atoms with Crippen LogP contribution in [-0.2, 0) is 4.79 Å². The standard InChI is InChI=1S/C19H21NO4/c1-3-10-24-17-9-5-7-15(12-17)18(21)20-16-8-4-6-14(11-16)13(2)19(22)23/h4-9,11-13H,3,10H2,1-2H3,(H,20,21)(H,22,23). The van der Waals surface area contributed by atoms with Crippen molar-refractivity contribution in [3.63, 3.8) is 0 Å². The van der Waals surface area contributed by atoms with Crippen LogP contribution in [0.4, 0.5) is 5.69 Å². The van der Waals surface area contributed by atoms with Crippen LogP contribution < -0.4 is 10.1 Å². The lowest BCUT2D eigenvalue weighted by atomic mass is 10.0. The van der Waals surface area contributed by atoms with Crippen molar-refractivity contribution in [2.24, 2.45) is 0 Å². The number of hydrogen-bond donors (Lipinski definition) is 2. The van der Waals surface area contributed by atoms with Gasteiger partial charge in [-0.1, -0.05) is 25.1 Å². The highest BCUT2D eigenvalue weighted by atomic mass is 16.5. The largest absolute Gasteiger partial charge is 0.494 e. The van der Waals surface area contributed by atoms with Crippen LogP contribution in [0.15, 0.2) is 48.5 Å². The highest BCUT2D eigenvalue weighted by Crippen LogP contribution is 2.21. The number of carboxylic acid groups (broad SMARTS) is 1. The van der Waals surface area contributed by atoms with E-state index in [1.807, 2.05) is 13.0 Å². The predicted molar refractivity (Wildman–Crippen MR) is 92.7 cm³/mol. The Morgan fingerprint density at radius 3 is 2.62 bits per heavy atom. The molecule has 2 rings (SSSR count). The second kappa shape index (κ2) is 8.15. The number of nitrogens with one attached hydrogen (secondary N) is 1. The molecule has 2 aromatic rings. The van der Waals surface area contributed by atoms with Gasteiger partial charge in [0, 0.05) is 11.3 Å². The number of ether oxygens (including phenoxy) is 1. The van der Waals surface area contributed by atoms with Gasteiger partial charge in [-0.2, -0.15) is 0 Å². The fraction of sp³-hybridized carbons (Fsp3) is 0.263. The van der Waals surface area contributed by atoms with E-state index in [9.17, 15) is 9.59 Å². The molecule has 0 aliphatic carbocycles. The van der Waals surface area contributed by atoms with Crippen LogP contribution in [-0.4, -0.2) is 23.6 Å². The Bertz CT molecular complexity index is 727. The van der Waals surface area contributed by atoms with Gasteiger partial charge in [-0.25, -0.2) is 0 Å². The van der Waals surface area contributed by atoms with Gasteiger partial charge in [0.1, 0.15) is 5.75 Å². The first kappa shape index (κ1) is 17.5. The van der Waals surface area contributed by atoms with Crippen molar-refractivity contribution in [1.29, 1.82) is 0 Å². The van der Waals surface area contributed by atoms with Crippen LogP contribution in [0.3, 0.4) is 0 Å². The van der Waals surface area contributed by atoms with Crippen molar-refractivity contribution in [3.05, 3.63) is 59.7 Å². The summed E-state index contributed by atoms with van der Waals surface area (Å²) >= 11 is 0. The number of rotatable bonds is 7. The Hall–Kier alpha value is -2.82. The molecule has 0 spiro atoms. The Balaban J connectivity index is 2.12. The third-order valence-electron chi connectivity index (χ3n) is 3.58. The Morgan fingerprint density at radius 2 is 1.92 bits per heavy atom. The first-order valence-electron chi connectivity index (χ1n) is 7.88. The van der Waals surface area contributed by atoms with Gasteiger partial charge in [0.05, 0.1) is 12.5 Å². The molecule has 1 unspecified atom stereocenters. The summed E-state index contributed by atoms with van der Waals surface area (Å²) in [7, 11) is 0. The highest BCUT2D eigenvalue weighted by Gasteiger charge is 2.14. The maximum absolute atomic E-state index is 12.4. The second-order valence-electron chi connectivity index (χ2n) is 5.52. The maximum Gasteiger partial charge on any atom is 0.310 e.